The minimum absolute atomic E-state index is 0. The van der Waals surface area contributed by atoms with Gasteiger partial charge in [0.05, 0.1) is 17.3 Å². The van der Waals surface area contributed by atoms with Gasteiger partial charge in [-0.2, -0.15) is 0 Å². The standard InChI is InChI=1S/C15H24N4O4S2.HI/c1-16-15(19-14-7-9-24(20,21)12-14)17-8-10-25(22,23)18-11-13-5-3-2-4-6-13;/h2-6,14,18H,7-12H2,1H3,(H2,16,17,19);1H. The summed E-state index contributed by atoms with van der Waals surface area (Å²) in [6, 6.07) is 9.08. The van der Waals surface area contributed by atoms with E-state index in [1.54, 1.807) is 7.05 Å². The van der Waals surface area contributed by atoms with Crippen molar-refractivity contribution in [3.8, 4) is 0 Å². The minimum atomic E-state index is -3.42. The molecule has 0 saturated carbocycles. The van der Waals surface area contributed by atoms with Crippen LogP contribution in [0.4, 0.5) is 0 Å². The summed E-state index contributed by atoms with van der Waals surface area (Å²) in [6.45, 7) is 0.416. The van der Waals surface area contributed by atoms with Crippen LogP contribution in [0.15, 0.2) is 35.3 Å². The van der Waals surface area contributed by atoms with Gasteiger partial charge in [-0.3, -0.25) is 4.99 Å². The summed E-state index contributed by atoms with van der Waals surface area (Å²) in [5.74, 6) is 0.536. The van der Waals surface area contributed by atoms with Crippen LogP contribution in [0.1, 0.15) is 12.0 Å². The highest BCUT2D eigenvalue weighted by Gasteiger charge is 2.28. The molecule has 1 saturated heterocycles. The number of nitrogens with zero attached hydrogens (tertiary/aromatic N) is 1. The van der Waals surface area contributed by atoms with Crippen LogP contribution in [0.3, 0.4) is 0 Å². The second kappa shape index (κ2) is 10.4. The summed E-state index contributed by atoms with van der Waals surface area (Å²) in [6.07, 6.45) is 0.528. The molecule has 2 rings (SSSR count). The molecule has 0 bridgehead atoms. The first-order valence-electron chi connectivity index (χ1n) is 7.98. The van der Waals surface area contributed by atoms with Gasteiger partial charge in [0, 0.05) is 26.2 Å². The van der Waals surface area contributed by atoms with Gasteiger partial charge >= 0.3 is 0 Å². The van der Waals surface area contributed by atoms with Crippen molar-refractivity contribution < 1.29 is 16.8 Å². The Labute approximate surface area is 172 Å². The smallest absolute Gasteiger partial charge is 0.213 e. The predicted molar refractivity (Wildman–Crippen MR) is 114 cm³/mol. The average Bonchev–Trinajstić information content (AvgIpc) is 2.91. The normalized spacial score (nSPS) is 19.6. The molecule has 1 aromatic carbocycles. The van der Waals surface area contributed by atoms with E-state index in [0.717, 1.165) is 5.56 Å². The first kappa shape index (κ1) is 23.1. The molecule has 1 aliphatic heterocycles. The van der Waals surface area contributed by atoms with Gasteiger partial charge in [-0.05, 0) is 12.0 Å². The number of guanidine groups is 1. The number of aliphatic imine (C=N–C) groups is 1. The predicted octanol–water partition coefficient (Wildman–Crippen LogP) is 0.0761. The maximum Gasteiger partial charge on any atom is 0.213 e. The highest BCUT2D eigenvalue weighted by atomic mass is 127. The molecule has 1 aromatic rings. The van der Waals surface area contributed by atoms with Crippen LogP contribution in [0.25, 0.3) is 0 Å². The SMILES string of the molecule is CN=C(NCCS(=O)(=O)NCc1ccccc1)NC1CCS(=O)(=O)C1.I. The topological polar surface area (TPSA) is 117 Å². The van der Waals surface area contributed by atoms with Crippen LogP contribution in [-0.2, 0) is 26.4 Å². The molecule has 1 unspecified atom stereocenters. The Balaban J connectivity index is 0.00000338. The van der Waals surface area contributed by atoms with Crippen LogP contribution >= 0.6 is 24.0 Å². The van der Waals surface area contributed by atoms with E-state index in [-0.39, 0.29) is 60.4 Å². The average molecular weight is 516 g/mol. The molecule has 1 heterocycles. The molecule has 148 valence electrons. The van der Waals surface area contributed by atoms with Gasteiger partial charge < -0.3 is 10.6 Å². The van der Waals surface area contributed by atoms with Crippen molar-refractivity contribution in [1.29, 1.82) is 0 Å². The zero-order chi connectivity index (χ0) is 18.3. The number of halogens is 1. The molecule has 11 heteroatoms. The molecule has 8 nitrogen and oxygen atoms in total. The zero-order valence-corrected chi connectivity index (χ0v) is 18.5. The van der Waals surface area contributed by atoms with Crippen molar-refractivity contribution in [2.24, 2.45) is 4.99 Å². The maximum absolute atomic E-state index is 12.0. The molecule has 3 N–H and O–H groups in total. The molecule has 1 aliphatic rings. The number of hydrogen-bond donors (Lipinski definition) is 3. The monoisotopic (exact) mass is 516 g/mol. The lowest BCUT2D eigenvalue weighted by Crippen LogP contribution is -2.45. The summed E-state index contributed by atoms with van der Waals surface area (Å²) in [5.41, 5.74) is 0.888. The molecule has 0 aliphatic carbocycles. The molecule has 0 amide bonds. The Morgan fingerprint density at radius 1 is 1.27 bits per heavy atom. The van der Waals surface area contributed by atoms with E-state index < -0.39 is 19.9 Å². The van der Waals surface area contributed by atoms with E-state index in [9.17, 15) is 16.8 Å². The van der Waals surface area contributed by atoms with Gasteiger partial charge in [0.2, 0.25) is 10.0 Å². The van der Waals surface area contributed by atoms with Gasteiger partial charge in [0.15, 0.2) is 15.8 Å². The van der Waals surface area contributed by atoms with E-state index in [2.05, 4.69) is 20.3 Å². The van der Waals surface area contributed by atoms with Crippen molar-refractivity contribution in [2.45, 2.75) is 19.0 Å². The number of nitrogens with one attached hydrogen (secondary N) is 3. The summed E-state index contributed by atoms with van der Waals surface area (Å²) < 4.78 is 49.5. The Morgan fingerprint density at radius 3 is 2.54 bits per heavy atom. The number of rotatable bonds is 7. The van der Waals surface area contributed by atoms with E-state index >= 15 is 0 Å². The lowest BCUT2D eigenvalue weighted by atomic mass is 10.2. The van der Waals surface area contributed by atoms with E-state index in [1.165, 1.54) is 0 Å². The molecule has 0 aromatic heterocycles. The fourth-order valence-corrected chi connectivity index (χ4v) is 5.04. The largest absolute Gasteiger partial charge is 0.355 e. The molecule has 0 spiro atoms. The van der Waals surface area contributed by atoms with Gasteiger partial charge in [-0.25, -0.2) is 21.6 Å². The maximum atomic E-state index is 12.0. The Kier molecular flexibility index (Phi) is 9.27. The van der Waals surface area contributed by atoms with Crippen molar-refractivity contribution >= 4 is 49.8 Å². The first-order valence-corrected chi connectivity index (χ1v) is 11.5. The highest BCUT2D eigenvalue weighted by Crippen LogP contribution is 2.10. The number of sulfone groups is 1. The van der Waals surface area contributed by atoms with Gasteiger partial charge in [0.1, 0.15) is 0 Å². The summed E-state index contributed by atoms with van der Waals surface area (Å²) >= 11 is 0. The number of benzene rings is 1. The summed E-state index contributed by atoms with van der Waals surface area (Å²) in [7, 11) is -4.84. The first-order chi connectivity index (χ1) is 11.8. The molecular weight excluding hydrogens is 491 g/mol. The second-order valence-corrected chi connectivity index (χ2v) is 10.0. The Hall–Kier alpha value is -0.920. The van der Waals surface area contributed by atoms with Crippen LogP contribution in [0.5, 0.6) is 0 Å². The molecule has 26 heavy (non-hydrogen) atoms. The molecule has 0 radical (unpaired) electrons. The molecule has 1 atom stereocenters. The Bertz CT molecular complexity index is 798. The third kappa shape index (κ3) is 8.18. The third-order valence-electron chi connectivity index (χ3n) is 3.80. The zero-order valence-electron chi connectivity index (χ0n) is 14.5. The molecule has 1 fully saturated rings. The van der Waals surface area contributed by atoms with Crippen molar-refractivity contribution in [2.75, 3.05) is 30.9 Å². The van der Waals surface area contributed by atoms with Crippen LogP contribution in [0, 0.1) is 0 Å². The fourth-order valence-electron chi connectivity index (χ4n) is 2.46. The van der Waals surface area contributed by atoms with Gasteiger partial charge in [-0.1, -0.05) is 30.3 Å². The number of sulfonamides is 1. The van der Waals surface area contributed by atoms with Crippen molar-refractivity contribution in [1.82, 2.24) is 15.4 Å². The van der Waals surface area contributed by atoms with E-state index in [1.807, 2.05) is 30.3 Å². The number of hydrogen-bond acceptors (Lipinski definition) is 5. The fraction of sp³-hybridized carbons (Fsp3) is 0.533. The van der Waals surface area contributed by atoms with Crippen molar-refractivity contribution in [3.05, 3.63) is 35.9 Å². The lowest BCUT2D eigenvalue weighted by Gasteiger charge is -2.16. The quantitative estimate of drug-likeness (QED) is 0.269. The minimum Gasteiger partial charge on any atom is -0.355 e. The van der Waals surface area contributed by atoms with Crippen LogP contribution in [-0.4, -0.2) is 59.7 Å². The van der Waals surface area contributed by atoms with Crippen molar-refractivity contribution in [3.63, 3.8) is 0 Å². The van der Waals surface area contributed by atoms with Gasteiger partial charge in [-0.15, -0.1) is 24.0 Å². The second-order valence-electron chi connectivity index (χ2n) is 5.87. The lowest BCUT2D eigenvalue weighted by molar-refractivity contribution is 0.579. The van der Waals surface area contributed by atoms with Gasteiger partial charge in [0.25, 0.3) is 0 Å². The third-order valence-corrected chi connectivity index (χ3v) is 6.89. The van der Waals surface area contributed by atoms with E-state index in [4.69, 9.17) is 0 Å². The summed E-state index contributed by atoms with van der Waals surface area (Å²) in [4.78, 5) is 4.00. The molecular formula is C15H25IN4O4S2. The van der Waals surface area contributed by atoms with Crippen LogP contribution < -0.4 is 15.4 Å². The van der Waals surface area contributed by atoms with Crippen LogP contribution in [0.2, 0.25) is 0 Å². The van der Waals surface area contributed by atoms with E-state index in [0.29, 0.717) is 12.4 Å². The summed E-state index contributed by atoms with van der Waals surface area (Å²) in [5, 5.41) is 5.91. The Morgan fingerprint density at radius 2 is 1.96 bits per heavy atom. The highest BCUT2D eigenvalue weighted by molar-refractivity contribution is 14.0.